The molecule has 1 fully saturated rings. The van der Waals surface area contributed by atoms with Crippen molar-refractivity contribution in [1.29, 1.82) is 0 Å². The normalized spacial score (nSPS) is 21.0. The first-order chi connectivity index (χ1) is 5.72. The van der Waals surface area contributed by atoms with E-state index in [1.165, 1.54) is 25.7 Å². The van der Waals surface area contributed by atoms with Crippen LogP contribution in [0.25, 0.3) is 0 Å². The molecule has 1 atom stereocenters. The molecule has 0 aromatic carbocycles. The summed E-state index contributed by atoms with van der Waals surface area (Å²) in [6.45, 7) is 5.30. The molecule has 1 unspecified atom stereocenters. The van der Waals surface area contributed by atoms with Crippen LogP contribution in [0.5, 0.6) is 0 Å². The quantitative estimate of drug-likeness (QED) is 0.656. The van der Waals surface area contributed by atoms with E-state index in [-0.39, 0.29) is 0 Å². The van der Waals surface area contributed by atoms with Crippen molar-refractivity contribution < 1.29 is 0 Å². The van der Waals surface area contributed by atoms with Crippen molar-refractivity contribution in [3.05, 3.63) is 0 Å². The van der Waals surface area contributed by atoms with E-state index in [1.54, 1.807) is 0 Å². The van der Waals surface area contributed by atoms with Crippen LogP contribution in [0.2, 0.25) is 0 Å². The maximum atomic E-state index is 5.69. The van der Waals surface area contributed by atoms with Crippen LogP contribution in [0, 0.1) is 5.92 Å². The Balaban J connectivity index is 2.15. The number of hydrogen-bond donors (Lipinski definition) is 2. The third-order valence-corrected chi connectivity index (χ3v) is 2.62. The van der Waals surface area contributed by atoms with Gasteiger partial charge in [0.25, 0.3) is 0 Å². The summed E-state index contributed by atoms with van der Waals surface area (Å²) in [4.78, 5) is 0. The molecule has 0 aromatic heterocycles. The predicted molar refractivity (Wildman–Crippen MR) is 53.1 cm³/mol. The van der Waals surface area contributed by atoms with Crippen molar-refractivity contribution in [2.45, 2.75) is 51.6 Å². The van der Waals surface area contributed by atoms with Crippen molar-refractivity contribution in [2.24, 2.45) is 11.7 Å². The van der Waals surface area contributed by atoms with Gasteiger partial charge in [0, 0.05) is 18.6 Å². The topological polar surface area (TPSA) is 38.0 Å². The minimum Gasteiger partial charge on any atom is -0.329 e. The highest BCUT2D eigenvalue weighted by molar-refractivity contribution is 4.81. The molecule has 0 heterocycles. The largest absolute Gasteiger partial charge is 0.329 e. The fourth-order valence-electron chi connectivity index (χ4n) is 1.71. The van der Waals surface area contributed by atoms with E-state index >= 15 is 0 Å². The van der Waals surface area contributed by atoms with E-state index in [1.807, 2.05) is 0 Å². The molecule has 0 radical (unpaired) electrons. The molecule has 0 aliphatic heterocycles. The van der Waals surface area contributed by atoms with Crippen LogP contribution >= 0.6 is 0 Å². The third-order valence-electron chi connectivity index (χ3n) is 2.62. The summed E-state index contributed by atoms with van der Waals surface area (Å²) in [6.07, 6.45) is 5.33. The van der Waals surface area contributed by atoms with Crippen molar-refractivity contribution in [3.8, 4) is 0 Å². The van der Waals surface area contributed by atoms with Gasteiger partial charge < -0.3 is 11.1 Å². The molecule has 0 spiro atoms. The molecule has 1 aliphatic carbocycles. The Bertz CT molecular complexity index is 119. The van der Waals surface area contributed by atoms with E-state index in [2.05, 4.69) is 19.2 Å². The SMILES string of the molecule is CC(C)CC(CN)NC1CCC1. The van der Waals surface area contributed by atoms with Crippen molar-refractivity contribution in [3.63, 3.8) is 0 Å². The van der Waals surface area contributed by atoms with Gasteiger partial charge in [-0.25, -0.2) is 0 Å². The van der Waals surface area contributed by atoms with Crippen LogP contribution in [0.4, 0.5) is 0 Å². The van der Waals surface area contributed by atoms with Crippen molar-refractivity contribution >= 4 is 0 Å². The molecule has 3 N–H and O–H groups in total. The van der Waals surface area contributed by atoms with Crippen LogP contribution in [0.3, 0.4) is 0 Å². The van der Waals surface area contributed by atoms with Gasteiger partial charge in [-0.3, -0.25) is 0 Å². The van der Waals surface area contributed by atoms with Gasteiger partial charge in [-0.15, -0.1) is 0 Å². The zero-order chi connectivity index (χ0) is 8.97. The minimum atomic E-state index is 0.551. The molecular weight excluding hydrogens is 148 g/mol. The molecule has 0 amide bonds. The predicted octanol–water partition coefficient (Wildman–Crippen LogP) is 1.50. The molecule has 2 heteroatoms. The summed E-state index contributed by atoms with van der Waals surface area (Å²) in [7, 11) is 0. The Morgan fingerprint density at radius 2 is 2.08 bits per heavy atom. The number of nitrogens with two attached hydrogens (primary N) is 1. The first kappa shape index (κ1) is 10.0. The Morgan fingerprint density at radius 1 is 1.42 bits per heavy atom. The van der Waals surface area contributed by atoms with Crippen LogP contribution < -0.4 is 11.1 Å². The summed E-state index contributed by atoms with van der Waals surface area (Å²) in [5, 5.41) is 3.61. The second-order valence-corrected chi connectivity index (χ2v) is 4.36. The van der Waals surface area contributed by atoms with Crippen LogP contribution in [0.1, 0.15) is 39.5 Å². The standard InChI is InChI=1S/C10H22N2/c1-8(2)6-10(7-11)12-9-4-3-5-9/h8-10,12H,3-7,11H2,1-2H3. The lowest BCUT2D eigenvalue weighted by molar-refractivity contribution is 0.286. The van der Waals surface area contributed by atoms with Crippen LogP contribution in [-0.4, -0.2) is 18.6 Å². The summed E-state index contributed by atoms with van der Waals surface area (Å²) in [6, 6.07) is 1.33. The third kappa shape index (κ3) is 3.11. The van der Waals surface area contributed by atoms with Gasteiger partial charge in [0.05, 0.1) is 0 Å². The molecular formula is C10H22N2. The summed E-state index contributed by atoms with van der Waals surface area (Å²) < 4.78 is 0. The maximum absolute atomic E-state index is 5.69. The summed E-state index contributed by atoms with van der Waals surface area (Å²) in [5.41, 5.74) is 5.69. The highest BCUT2D eigenvalue weighted by Gasteiger charge is 2.20. The van der Waals surface area contributed by atoms with Gasteiger partial charge in [-0.1, -0.05) is 20.3 Å². The Kier molecular flexibility index (Phi) is 4.02. The van der Waals surface area contributed by atoms with Gasteiger partial charge in [-0.05, 0) is 25.2 Å². The van der Waals surface area contributed by atoms with Gasteiger partial charge >= 0.3 is 0 Å². The summed E-state index contributed by atoms with van der Waals surface area (Å²) in [5.74, 6) is 0.756. The van der Waals surface area contributed by atoms with Gasteiger partial charge in [0.15, 0.2) is 0 Å². The first-order valence-corrected chi connectivity index (χ1v) is 5.18. The maximum Gasteiger partial charge on any atom is 0.0195 e. The van der Waals surface area contributed by atoms with E-state index in [0.29, 0.717) is 6.04 Å². The summed E-state index contributed by atoms with van der Waals surface area (Å²) >= 11 is 0. The molecule has 0 saturated heterocycles. The highest BCUT2D eigenvalue weighted by Crippen LogP contribution is 2.19. The van der Waals surface area contributed by atoms with Gasteiger partial charge in [0.1, 0.15) is 0 Å². The number of nitrogens with one attached hydrogen (secondary N) is 1. The van der Waals surface area contributed by atoms with E-state index in [4.69, 9.17) is 5.73 Å². The monoisotopic (exact) mass is 170 g/mol. The smallest absolute Gasteiger partial charge is 0.0195 e. The average Bonchev–Trinajstić information content (AvgIpc) is 1.93. The lowest BCUT2D eigenvalue weighted by Gasteiger charge is -2.31. The Hall–Kier alpha value is -0.0800. The number of hydrogen-bond acceptors (Lipinski definition) is 2. The highest BCUT2D eigenvalue weighted by atomic mass is 15.0. The fourth-order valence-corrected chi connectivity index (χ4v) is 1.71. The zero-order valence-electron chi connectivity index (χ0n) is 8.34. The molecule has 72 valence electrons. The van der Waals surface area contributed by atoms with E-state index in [9.17, 15) is 0 Å². The van der Waals surface area contributed by atoms with E-state index < -0.39 is 0 Å². The van der Waals surface area contributed by atoms with Crippen molar-refractivity contribution in [2.75, 3.05) is 6.54 Å². The lowest BCUT2D eigenvalue weighted by Crippen LogP contribution is -2.46. The molecule has 1 aliphatic rings. The molecule has 0 aromatic rings. The molecule has 0 bridgehead atoms. The fraction of sp³-hybridized carbons (Fsp3) is 1.00. The second-order valence-electron chi connectivity index (χ2n) is 4.36. The molecule has 2 nitrogen and oxygen atoms in total. The minimum absolute atomic E-state index is 0.551. The molecule has 12 heavy (non-hydrogen) atoms. The van der Waals surface area contributed by atoms with Crippen LogP contribution in [-0.2, 0) is 0 Å². The first-order valence-electron chi connectivity index (χ1n) is 5.18. The van der Waals surface area contributed by atoms with Gasteiger partial charge in [0.2, 0.25) is 0 Å². The Labute approximate surface area is 75.9 Å². The zero-order valence-corrected chi connectivity index (χ0v) is 8.34. The second kappa shape index (κ2) is 4.83. The van der Waals surface area contributed by atoms with E-state index in [0.717, 1.165) is 18.5 Å². The van der Waals surface area contributed by atoms with Gasteiger partial charge in [-0.2, -0.15) is 0 Å². The molecule has 1 rings (SSSR count). The van der Waals surface area contributed by atoms with Crippen molar-refractivity contribution in [1.82, 2.24) is 5.32 Å². The molecule has 1 saturated carbocycles. The Morgan fingerprint density at radius 3 is 2.42 bits per heavy atom. The average molecular weight is 170 g/mol. The number of rotatable bonds is 5. The lowest BCUT2D eigenvalue weighted by atomic mass is 9.91. The van der Waals surface area contributed by atoms with Crippen LogP contribution in [0.15, 0.2) is 0 Å².